The maximum absolute atomic E-state index is 3.45. The van der Waals surface area contributed by atoms with Crippen LogP contribution in [0.5, 0.6) is 0 Å². The number of benzene rings is 1. The SMILES string of the molecule is CCCCN(CC)C(CN1CCNCC1)c1ccccc1. The van der Waals surface area contributed by atoms with Gasteiger partial charge in [-0.05, 0) is 25.1 Å². The molecule has 0 bridgehead atoms. The number of likely N-dealkylation sites (N-methyl/N-ethyl adjacent to an activating group) is 1. The predicted molar refractivity (Wildman–Crippen MR) is 90.6 cm³/mol. The molecule has 1 aromatic rings. The van der Waals surface area contributed by atoms with Crippen LogP contribution in [-0.4, -0.2) is 55.6 Å². The molecule has 0 spiro atoms. The fourth-order valence-electron chi connectivity index (χ4n) is 3.14. The van der Waals surface area contributed by atoms with E-state index in [1.165, 1.54) is 38.0 Å². The van der Waals surface area contributed by atoms with Crippen LogP contribution in [0, 0.1) is 0 Å². The lowest BCUT2D eigenvalue weighted by atomic mass is 10.0. The van der Waals surface area contributed by atoms with Crippen molar-refractivity contribution >= 4 is 0 Å². The molecule has 0 aliphatic carbocycles. The van der Waals surface area contributed by atoms with Gasteiger partial charge in [-0.15, -0.1) is 0 Å². The molecule has 0 radical (unpaired) electrons. The summed E-state index contributed by atoms with van der Waals surface area (Å²) in [4.78, 5) is 5.27. The Bertz CT molecular complexity index is 373. The maximum atomic E-state index is 3.45. The molecule has 1 fully saturated rings. The van der Waals surface area contributed by atoms with Gasteiger partial charge < -0.3 is 5.32 Å². The molecule has 1 N–H and O–H groups in total. The molecule has 3 nitrogen and oxygen atoms in total. The molecule has 2 rings (SSSR count). The Morgan fingerprint density at radius 1 is 1.14 bits per heavy atom. The van der Waals surface area contributed by atoms with Crippen molar-refractivity contribution in [2.75, 3.05) is 45.8 Å². The van der Waals surface area contributed by atoms with E-state index in [0.29, 0.717) is 6.04 Å². The van der Waals surface area contributed by atoms with Crippen LogP contribution in [0.25, 0.3) is 0 Å². The standard InChI is InChI=1S/C18H31N3/c1-3-5-13-21(4-2)18(17-9-7-6-8-10-17)16-20-14-11-19-12-15-20/h6-10,18-19H,3-5,11-16H2,1-2H3. The largest absolute Gasteiger partial charge is 0.314 e. The Labute approximate surface area is 130 Å². The molecule has 1 aliphatic rings. The van der Waals surface area contributed by atoms with E-state index in [1.54, 1.807) is 0 Å². The number of rotatable bonds is 8. The Hall–Kier alpha value is -0.900. The number of hydrogen-bond donors (Lipinski definition) is 1. The smallest absolute Gasteiger partial charge is 0.0475 e. The first kappa shape index (κ1) is 16.5. The average molecular weight is 289 g/mol. The van der Waals surface area contributed by atoms with Crippen LogP contribution in [0.3, 0.4) is 0 Å². The number of nitrogens with one attached hydrogen (secondary N) is 1. The normalized spacial score (nSPS) is 18.0. The van der Waals surface area contributed by atoms with Crippen molar-refractivity contribution < 1.29 is 0 Å². The average Bonchev–Trinajstić information content (AvgIpc) is 2.56. The molecule has 1 saturated heterocycles. The minimum Gasteiger partial charge on any atom is -0.314 e. The zero-order valence-corrected chi connectivity index (χ0v) is 13.7. The van der Waals surface area contributed by atoms with Gasteiger partial charge in [-0.3, -0.25) is 9.80 Å². The van der Waals surface area contributed by atoms with E-state index in [-0.39, 0.29) is 0 Å². The second-order valence-corrected chi connectivity index (χ2v) is 5.96. The number of hydrogen-bond acceptors (Lipinski definition) is 3. The monoisotopic (exact) mass is 289 g/mol. The van der Waals surface area contributed by atoms with Crippen molar-refractivity contribution in [1.29, 1.82) is 0 Å². The van der Waals surface area contributed by atoms with Crippen LogP contribution in [0.15, 0.2) is 30.3 Å². The molecule has 21 heavy (non-hydrogen) atoms. The zero-order chi connectivity index (χ0) is 14.9. The second-order valence-electron chi connectivity index (χ2n) is 5.96. The minimum absolute atomic E-state index is 0.529. The minimum atomic E-state index is 0.529. The highest BCUT2D eigenvalue weighted by atomic mass is 15.2. The Morgan fingerprint density at radius 3 is 2.48 bits per heavy atom. The van der Waals surface area contributed by atoms with Gasteiger partial charge in [0.2, 0.25) is 0 Å². The van der Waals surface area contributed by atoms with Gasteiger partial charge in [0.1, 0.15) is 0 Å². The maximum Gasteiger partial charge on any atom is 0.0475 e. The summed E-state index contributed by atoms with van der Waals surface area (Å²) < 4.78 is 0. The summed E-state index contributed by atoms with van der Waals surface area (Å²) in [6.07, 6.45) is 2.56. The first-order valence-electron chi connectivity index (χ1n) is 8.57. The van der Waals surface area contributed by atoms with Gasteiger partial charge >= 0.3 is 0 Å². The van der Waals surface area contributed by atoms with E-state index in [4.69, 9.17) is 0 Å². The summed E-state index contributed by atoms with van der Waals surface area (Å²) in [5.74, 6) is 0. The second kappa shape index (κ2) is 9.19. The number of unbranched alkanes of at least 4 members (excludes halogenated alkanes) is 1. The predicted octanol–water partition coefficient (Wildman–Crippen LogP) is 2.75. The van der Waals surface area contributed by atoms with Gasteiger partial charge in [0, 0.05) is 38.8 Å². The summed E-state index contributed by atoms with van der Waals surface area (Å²) in [6, 6.07) is 11.6. The number of nitrogens with zero attached hydrogens (tertiary/aromatic N) is 2. The van der Waals surface area contributed by atoms with Gasteiger partial charge in [0.25, 0.3) is 0 Å². The van der Waals surface area contributed by atoms with Gasteiger partial charge in [-0.25, -0.2) is 0 Å². The van der Waals surface area contributed by atoms with Crippen LogP contribution in [-0.2, 0) is 0 Å². The van der Waals surface area contributed by atoms with Gasteiger partial charge in [0.15, 0.2) is 0 Å². The van der Waals surface area contributed by atoms with Crippen molar-refractivity contribution in [2.24, 2.45) is 0 Å². The summed E-state index contributed by atoms with van der Waals surface area (Å²) in [7, 11) is 0. The van der Waals surface area contributed by atoms with Crippen LogP contribution in [0.2, 0.25) is 0 Å². The molecule has 1 unspecified atom stereocenters. The molecule has 1 aromatic carbocycles. The third kappa shape index (κ3) is 5.10. The van der Waals surface area contributed by atoms with Crippen molar-refractivity contribution in [1.82, 2.24) is 15.1 Å². The lowest BCUT2D eigenvalue weighted by Crippen LogP contribution is -2.47. The van der Waals surface area contributed by atoms with E-state index in [0.717, 1.165) is 26.2 Å². The molecule has 1 heterocycles. The van der Waals surface area contributed by atoms with Crippen molar-refractivity contribution in [3.8, 4) is 0 Å². The van der Waals surface area contributed by atoms with Crippen molar-refractivity contribution in [3.05, 3.63) is 35.9 Å². The summed E-state index contributed by atoms with van der Waals surface area (Å²) in [5.41, 5.74) is 1.47. The fraction of sp³-hybridized carbons (Fsp3) is 0.667. The highest BCUT2D eigenvalue weighted by Gasteiger charge is 2.22. The first-order valence-corrected chi connectivity index (χ1v) is 8.57. The molecule has 0 saturated carbocycles. The first-order chi connectivity index (χ1) is 10.3. The van der Waals surface area contributed by atoms with Crippen LogP contribution in [0.1, 0.15) is 38.3 Å². The third-order valence-corrected chi connectivity index (χ3v) is 4.47. The molecular formula is C18H31N3. The van der Waals surface area contributed by atoms with Gasteiger partial charge in [0.05, 0.1) is 0 Å². The van der Waals surface area contributed by atoms with Crippen LogP contribution >= 0.6 is 0 Å². The topological polar surface area (TPSA) is 18.5 Å². The zero-order valence-electron chi connectivity index (χ0n) is 13.7. The van der Waals surface area contributed by atoms with Gasteiger partial charge in [-0.1, -0.05) is 50.6 Å². The third-order valence-electron chi connectivity index (χ3n) is 4.47. The Morgan fingerprint density at radius 2 is 1.86 bits per heavy atom. The van der Waals surface area contributed by atoms with Gasteiger partial charge in [-0.2, -0.15) is 0 Å². The number of piperazine rings is 1. The van der Waals surface area contributed by atoms with E-state index in [9.17, 15) is 0 Å². The highest BCUT2D eigenvalue weighted by molar-refractivity contribution is 5.19. The van der Waals surface area contributed by atoms with Crippen molar-refractivity contribution in [3.63, 3.8) is 0 Å². The van der Waals surface area contributed by atoms with Crippen LogP contribution < -0.4 is 5.32 Å². The molecule has 1 aliphatic heterocycles. The molecule has 118 valence electrons. The lowest BCUT2D eigenvalue weighted by molar-refractivity contribution is 0.132. The highest BCUT2D eigenvalue weighted by Crippen LogP contribution is 2.22. The van der Waals surface area contributed by atoms with E-state index in [2.05, 4.69) is 59.3 Å². The summed E-state index contributed by atoms with van der Waals surface area (Å²) >= 11 is 0. The van der Waals surface area contributed by atoms with E-state index >= 15 is 0 Å². The molecule has 0 aromatic heterocycles. The molecular weight excluding hydrogens is 258 g/mol. The Balaban J connectivity index is 2.08. The summed E-state index contributed by atoms with van der Waals surface area (Å²) in [6.45, 7) is 12.7. The van der Waals surface area contributed by atoms with E-state index < -0.39 is 0 Å². The van der Waals surface area contributed by atoms with Crippen molar-refractivity contribution in [2.45, 2.75) is 32.7 Å². The molecule has 3 heteroatoms. The Kier molecular flexibility index (Phi) is 7.20. The molecule has 1 atom stereocenters. The molecule has 0 amide bonds. The quantitative estimate of drug-likeness (QED) is 0.794. The summed E-state index contributed by atoms with van der Waals surface area (Å²) in [5, 5.41) is 3.45. The van der Waals surface area contributed by atoms with E-state index in [1.807, 2.05) is 0 Å². The van der Waals surface area contributed by atoms with Crippen LogP contribution in [0.4, 0.5) is 0 Å². The fourth-order valence-corrected chi connectivity index (χ4v) is 3.14. The lowest BCUT2D eigenvalue weighted by Gasteiger charge is -2.37.